The van der Waals surface area contributed by atoms with Crippen molar-refractivity contribution in [3.05, 3.63) is 58.1 Å². The normalized spacial score (nSPS) is 9.95. The number of rotatable bonds is 3. The Kier molecular flexibility index (Phi) is 5.25. The number of ether oxygens (including phenoxy) is 1. The Labute approximate surface area is 137 Å². The molecule has 0 aliphatic carbocycles. The molecule has 114 valence electrons. The Bertz CT molecular complexity index is 720. The van der Waals surface area contributed by atoms with Gasteiger partial charge in [-0.2, -0.15) is 0 Å². The number of amides is 2. The molecule has 0 saturated carbocycles. The second-order valence-corrected chi connectivity index (χ2v) is 5.08. The highest BCUT2D eigenvalue weighted by Gasteiger charge is 2.15. The molecule has 0 radical (unpaired) electrons. The van der Waals surface area contributed by atoms with Gasteiger partial charge in [-0.1, -0.05) is 35.3 Å². The van der Waals surface area contributed by atoms with Crippen molar-refractivity contribution in [2.75, 3.05) is 17.7 Å². The lowest BCUT2D eigenvalue weighted by Crippen LogP contribution is -2.21. The molecule has 2 aromatic rings. The summed E-state index contributed by atoms with van der Waals surface area (Å²) < 4.78 is 4.66. The third-order valence-electron chi connectivity index (χ3n) is 2.76. The molecule has 7 heteroatoms. The van der Waals surface area contributed by atoms with E-state index >= 15 is 0 Å². The van der Waals surface area contributed by atoms with Gasteiger partial charge in [-0.25, -0.2) is 9.59 Å². The highest BCUT2D eigenvalue weighted by molar-refractivity contribution is 6.34. The summed E-state index contributed by atoms with van der Waals surface area (Å²) in [7, 11) is 1.25. The first-order chi connectivity index (χ1) is 10.5. The van der Waals surface area contributed by atoms with Gasteiger partial charge < -0.3 is 15.4 Å². The first-order valence-electron chi connectivity index (χ1n) is 6.21. The summed E-state index contributed by atoms with van der Waals surface area (Å²) in [5, 5.41) is 5.91. The van der Waals surface area contributed by atoms with Crippen LogP contribution in [0.4, 0.5) is 16.2 Å². The highest BCUT2D eigenvalue weighted by atomic mass is 35.5. The number of urea groups is 1. The summed E-state index contributed by atoms with van der Waals surface area (Å²) in [6.45, 7) is 0. The van der Waals surface area contributed by atoms with Crippen LogP contribution >= 0.6 is 23.2 Å². The van der Waals surface area contributed by atoms with Crippen LogP contribution in [0.3, 0.4) is 0 Å². The van der Waals surface area contributed by atoms with E-state index in [0.717, 1.165) is 0 Å². The molecule has 0 atom stereocenters. The highest BCUT2D eigenvalue weighted by Crippen LogP contribution is 2.24. The van der Waals surface area contributed by atoms with Crippen LogP contribution in [-0.2, 0) is 4.74 Å². The third-order valence-corrected chi connectivity index (χ3v) is 3.32. The van der Waals surface area contributed by atoms with Crippen LogP contribution < -0.4 is 10.6 Å². The van der Waals surface area contributed by atoms with Gasteiger partial charge in [0.25, 0.3) is 0 Å². The van der Waals surface area contributed by atoms with Crippen molar-refractivity contribution in [2.24, 2.45) is 0 Å². The van der Waals surface area contributed by atoms with Gasteiger partial charge in [-0.15, -0.1) is 0 Å². The quantitative estimate of drug-likeness (QED) is 0.813. The predicted octanol–water partition coefficient (Wildman–Crippen LogP) is 4.42. The van der Waals surface area contributed by atoms with Crippen molar-refractivity contribution < 1.29 is 14.3 Å². The number of esters is 1. The van der Waals surface area contributed by atoms with E-state index in [9.17, 15) is 9.59 Å². The predicted molar refractivity (Wildman–Crippen MR) is 86.9 cm³/mol. The second-order valence-electron chi connectivity index (χ2n) is 4.24. The zero-order chi connectivity index (χ0) is 16.1. The Morgan fingerprint density at radius 2 is 1.68 bits per heavy atom. The van der Waals surface area contributed by atoms with Crippen molar-refractivity contribution in [2.45, 2.75) is 0 Å². The molecule has 2 aromatic carbocycles. The molecule has 0 saturated heterocycles. The number of methoxy groups -OCH3 is 1. The summed E-state index contributed by atoms with van der Waals surface area (Å²) in [5.41, 5.74) is 0.883. The third kappa shape index (κ3) is 3.90. The van der Waals surface area contributed by atoms with Gasteiger partial charge in [0.1, 0.15) is 0 Å². The Hall–Kier alpha value is -2.24. The molecule has 22 heavy (non-hydrogen) atoms. The van der Waals surface area contributed by atoms with Gasteiger partial charge >= 0.3 is 12.0 Å². The van der Waals surface area contributed by atoms with E-state index in [-0.39, 0.29) is 11.3 Å². The molecule has 0 heterocycles. The topological polar surface area (TPSA) is 67.4 Å². The van der Waals surface area contributed by atoms with Crippen LogP contribution in [0.2, 0.25) is 10.0 Å². The van der Waals surface area contributed by atoms with E-state index in [1.54, 1.807) is 24.3 Å². The maximum atomic E-state index is 12.0. The van der Waals surface area contributed by atoms with Gasteiger partial charge in [0.05, 0.1) is 29.1 Å². The lowest BCUT2D eigenvalue weighted by Gasteiger charge is -2.12. The van der Waals surface area contributed by atoms with Crippen molar-refractivity contribution >= 4 is 46.6 Å². The monoisotopic (exact) mass is 338 g/mol. The number of halogens is 2. The largest absolute Gasteiger partial charge is 0.465 e. The van der Waals surface area contributed by atoms with E-state index in [1.807, 2.05) is 0 Å². The first kappa shape index (κ1) is 16.1. The molecular weight excluding hydrogens is 327 g/mol. The number of benzene rings is 2. The second kappa shape index (κ2) is 7.15. The van der Waals surface area contributed by atoms with Crippen molar-refractivity contribution in [3.63, 3.8) is 0 Å². The average molecular weight is 339 g/mol. The van der Waals surface area contributed by atoms with E-state index in [4.69, 9.17) is 23.2 Å². The number of nitrogens with one attached hydrogen (secondary N) is 2. The number of anilines is 2. The number of carbonyl (C=O) groups is 2. The van der Waals surface area contributed by atoms with Gasteiger partial charge in [-0.05, 0) is 30.3 Å². The molecule has 0 unspecified atom stereocenters. The van der Waals surface area contributed by atoms with Gasteiger partial charge in [0.2, 0.25) is 0 Å². The molecule has 2 rings (SSSR count). The molecule has 0 bridgehead atoms. The average Bonchev–Trinajstić information content (AvgIpc) is 2.49. The van der Waals surface area contributed by atoms with Gasteiger partial charge in [0, 0.05) is 5.02 Å². The Morgan fingerprint density at radius 3 is 2.36 bits per heavy atom. The Morgan fingerprint density at radius 1 is 1.00 bits per heavy atom. The van der Waals surface area contributed by atoms with Crippen LogP contribution in [-0.4, -0.2) is 19.1 Å². The van der Waals surface area contributed by atoms with E-state index in [0.29, 0.717) is 15.7 Å². The zero-order valence-electron chi connectivity index (χ0n) is 11.5. The van der Waals surface area contributed by atoms with Crippen LogP contribution in [0.15, 0.2) is 42.5 Å². The lowest BCUT2D eigenvalue weighted by molar-refractivity contribution is 0.0602. The lowest BCUT2D eigenvalue weighted by atomic mass is 10.2. The summed E-state index contributed by atoms with van der Waals surface area (Å²) >= 11 is 11.9. The van der Waals surface area contributed by atoms with Gasteiger partial charge in [-0.3, -0.25) is 0 Å². The first-order valence-corrected chi connectivity index (χ1v) is 6.97. The SMILES string of the molecule is COC(=O)c1ccc(Cl)cc1NC(=O)Nc1ccccc1Cl. The fourth-order valence-electron chi connectivity index (χ4n) is 1.75. The summed E-state index contributed by atoms with van der Waals surface area (Å²) in [4.78, 5) is 23.7. The fraction of sp³-hybridized carbons (Fsp3) is 0.0667. The number of carbonyl (C=O) groups excluding carboxylic acids is 2. The molecule has 5 nitrogen and oxygen atoms in total. The maximum Gasteiger partial charge on any atom is 0.339 e. The van der Waals surface area contributed by atoms with Gasteiger partial charge in [0.15, 0.2) is 0 Å². The van der Waals surface area contributed by atoms with E-state index in [2.05, 4.69) is 15.4 Å². The molecule has 0 fully saturated rings. The minimum Gasteiger partial charge on any atom is -0.465 e. The molecule has 2 amide bonds. The van der Waals surface area contributed by atoms with Crippen molar-refractivity contribution in [3.8, 4) is 0 Å². The molecule has 2 N–H and O–H groups in total. The number of hydrogen-bond donors (Lipinski definition) is 2. The number of para-hydroxylation sites is 1. The van der Waals surface area contributed by atoms with Crippen LogP contribution in [0, 0.1) is 0 Å². The summed E-state index contributed by atoms with van der Waals surface area (Å²) in [6.07, 6.45) is 0. The van der Waals surface area contributed by atoms with E-state index < -0.39 is 12.0 Å². The van der Waals surface area contributed by atoms with Crippen molar-refractivity contribution in [1.82, 2.24) is 0 Å². The van der Waals surface area contributed by atoms with E-state index in [1.165, 1.54) is 25.3 Å². The Balaban J connectivity index is 2.19. The van der Waals surface area contributed by atoms with Crippen LogP contribution in [0.25, 0.3) is 0 Å². The zero-order valence-corrected chi connectivity index (χ0v) is 13.0. The molecular formula is C15H12Cl2N2O3. The summed E-state index contributed by atoms with van der Waals surface area (Å²) in [6, 6.07) is 10.7. The maximum absolute atomic E-state index is 12.0. The molecule has 0 aromatic heterocycles. The molecule has 0 aliphatic rings. The number of hydrogen-bond acceptors (Lipinski definition) is 3. The minimum atomic E-state index is -0.579. The fourth-order valence-corrected chi connectivity index (χ4v) is 2.10. The standard InChI is InChI=1S/C15H12Cl2N2O3/c1-22-14(20)10-7-6-9(16)8-13(10)19-15(21)18-12-5-3-2-4-11(12)17/h2-8H,1H3,(H2,18,19,21). The van der Waals surface area contributed by atoms with Crippen LogP contribution in [0.5, 0.6) is 0 Å². The van der Waals surface area contributed by atoms with Crippen LogP contribution in [0.1, 0.15) is 10.4 Å². The van der Waals surface area contributed by atoms with Crippen molar-refractivity contribution in [1.29, 1.82) is 0 Å². The molecule has 0 spiro atoms. The molecule has 0 aliphatic heterocycles. The minimum absolute atomic E-state index is 0.196. The smallest absolute Gasteiger partial charge is 0.339 e. The summed E-state index contributed by atoms with van der Waals surface area (Å²) in [5.74, 6) is -0.579.